The maximum Gasteiger partial charge on any atom is 0.142 e. The van der Waals surface area contributed by atoms with Gasteiger partial charge in [0.2, 0.25) is 0 Å². The first-order valence-corrected chi connectivity index (χ1v) is 7.27. The molecule has 2 rings (SSSR count). The van der Waals surface area contributed by atoms with Gasteiger partial charge in [-0.2, -0.15) is 0 Å². The molecule has 0 amide bonds. The molecule has 0 heterocycles. The second-order valence-electron chi connectivity index (χ2n) is 4.53. The highest BCUT2D eigenvalue weighted by atomic mass is 79.9. The Morgan fingerprint density at radius 1 is 1.20 bits per heavy atom. The van der Waals surface area contributed by atoms with Crippen molar-refractivity contribution in [1.29, 1.82) is 0 Å². The molecule has 2 aromatic carbocycles. The summed E-state index contributed by atoms with van der Waals surface area (Å²) in [5.41, 5.74) is 6.93. The Kier molecular flexibility index (Phi) is 5.02. The standard InChI is InChI=1S/C15H14BrClFNO/c1-9(19)15(10-2-4-11(16)5-3-10)20-12-6-7-14(18)13(17)8-12/h2-9,15H,19H2,1H3. The van der Waals surface area contributed by atoms with Crippen LogP contribution in [0.25, 0.3) is 0 Å². The maximum atomic E-state index is 13.1. The summed E-state index contributed by atoms with van der Waals surface area (Å²) in [6, 6.07) is 11.8. The van der Waals surface area contributed by atoms with Crippen LogP contribution >= 0.6 is 27.5 Å². The molecule has 0 aliphatic rings. The van der Waals surface area contributed by atoms with Crippen LogP contribution in [0.5, 0.6) is 5.75 Å². The smallest absolute Gasteiger partial charge is 0.142 e. The molecule has 0 spiro atoms. The summed E-state index contributed by atoms with van der Waals surface area (Å²) >= 11 is 9.14. The van der Waals surface area contributed by atoms with E-state index in [0.717, 1.165) is 10.0 Å². The zero-order valence-corrected chi connectivity index (χ0v) is 13.2. The molecule has 0 saturated heterocycles. The molecule has 20 heavy (non-hydrogen) atoms. The monoisotopic (exact) mass is 357 g/mol. The highest BCUT2D eigenvalue weighted by Gasteiger charge is 2.18. The molecule has 2 nitrogen and oxygen atoms in total. The lowest BCUT2D eigenvalue weighted by Crippen LogP contribution is -2.29. The number of ether oxygens (including phenoxy) is 1. The van der Waals surface area contributed by atoms with Crippen molar-refractivity contribution < 1.29 is 9.13 Å². The van der Waals surface area contributed by atoms with Crippen LogP contribution in [0.3, 0.4) is 0 Å². The van der Waals surface area contributed by atoms with Gasteiger partial charge >= 0.3 is 0 Å². The molecule has 0 bridgehead atoms. The molecular weight excluding hydrogens is 345 g/mol. The zero-order chi connectivity index (χ0) is 14.7. The Morgan fingerprint density at radius 3 is 2.40 bits per heavy atom. The largest absolute Gasteiger partial charge is 0.484 e. The van der Waals surface area contributed by atoms with Gasteiger partial charge in [0, 0.05) is 16.6 Å². The summed E-state index contributed by atoms with van der Waals surface area (Å²) < 4.78 is 20.0. The predicted octanol–water partition coefficient (Wildman–Crippen LogP) is 4.71. The van der Waals surface area contributed by atoms with E-state index in [-0.39, 0.29) is 17.2 Å². The zero-order valence-electron chi connectivity index (χ0n) is 10.8. The fourth-order valence-electron chi connectivity index (χ4n) is 1.83. The Hall–Kier alpha value is -1.10. The SMILES string of the molecule is CC(N)C(Oc1ccc(F)c(Cl)c1)c1ccc(Br)cc1. The van der Waals surface area contributed by atoms with E-state index in [1.807, 2.05) is 31.2 Å². The topological polar surface area (TPSA) is 35.2 Å². The Balaban J connectivity index is 2.25. The van der Waals surface area contributed by atoms with E-state index in [2.05, 4.69) is 15.9 Å². The number of benzene rings is 2. The summed E-state index contributed by atoms with van der Waals surface area (Å²) in [7, 11) is 0. The highest BCUT2D eigenvalue weighted by molar-refractivity contribution is 9.10. The second kappa shape index (κ2) is 6.57. The minimum absolute atomic E-state index is 0.0294. The third-order valence-corrected chi connectivity index (χ3v) is 3.65. The van der Waals surface area contributed by atoms with E-state index in [1.54, 1.807) is 0 Å². The summed E-state index contributed by atoms with van der Waals surface area (Å²) in [6.07, 6.45) is -0.329. The molecule has 0 aliphatic carbocycles. The normalized spacial score (nSPS) is 13.8. The van der Waals surface area contributed by atoms with Crippen molar-refractivity contribution in [1.82, 2.24) is 0 Å². The van der Waals surface area contributed by atoms with Crippen LogP contribution in [-0.2, 0) is 0 Å². The number of hydrogen-bond donors (Lipinski definition) is 1. The van der Waals surface area contributed by atoms with Gasteiger partial charge in [0.15, 0.2) is 0 Å². The van der Waals surface area contributed by atoms with Gasteiger partial charge in [0.25, 0.3) is 0 Å². The molecule has 106 valence electrons. The van der Waals surface area contributed by atoms with Gasteiger partial charge in [-0.3, -0.25) is 0 Å². The van der Waals surface area contributed by atoms with Gasteiger partial charge in [-0.25, -0.2) is 4.39 Å². The first kappa shape index (κ1) is 15.3. The Bertz CT molecular complexity index is 589. The molecule has 0 saturated carbocycles. The van der Waals surface area contributed by atoms with E-state index in [1.165, 1.54) is 18.2 Å². The van der Waals surface area contributed by atoms with Crippen molar-refractivity contribution in [3.63, 3.8) is 0 Å². The average molecular weight is 359 g/mol. The second-order valence-corrected chi connectivity index (χ2v) is 5.85. The van der Waals surface area contributed by atoms with Gasteiger partial charge < -0.3 is 10.5 Å². The van der Waals surface area contributed by atoms with E-state index in [4.69, 9.17) is 22.1 Å². The molecule has 2 N–H and O–H groups in total. The van der Waals surface area contributed by atoms with Crippen molar-refractivity contribution in [3.05, 3.63) is 63.3 Å². The molecule has 0 aromatic heterocycles. The lowest BCUT2D eigenvalue weighted by atomic mass is 10.0. The average Bonchev–Trinajstić information content (AvgIpc) is 2.41. The first-order valence-electron chi connectivity index (χ1n) is 6.10. The molecule has 2 atom stereocenters. The molecule has 2 aromatic rings. The fourth-order valence-corrected chi connectivity index (χ4v) is 2.26. The summed E-state index contributed by atoms with van der Waals surface area (Å²) in [6.45, 7) is 1.86. The van der Waals surface area contributed by atoms with Crippen molar-refractivity contribution >= 4 is 27.5 Å². The highest BCUT2D eigenvalue weighted by Crippen LogP contribution is 2.28. The van der Waals surface area contributed by atoms with E-state index >= 15 is 0 Å². The summed E-state index contributed by atoms with van der Waals surface area (Å²) in [5.74, 6) is 0.0154. The van der Waals surface area contributed by atoms with Crippen LogP contribution in [0.15, 0.2) is 46.9 Å². The third kappa shape index (κ3) is 3.72. The number of hydrogen-bond acceptors (Lipinski definition) is 2. The first-order chi connectivity index (χ1) is 9.47. The van der Waals surface area contributed by atoms with Gasteiger partial charge in [-0.15, -0.1) is 0 Å². The molecular formula is C15H14BrClFNO. The van der Waals surface area contributed by atoms with Crippen LogP contribution in [0.2, 0.25) is 5.02 Å². The Morgan fingerprint density at radius 2 is 1.85 bits per heavy atom. The van der Waals surface area contributed by atoms with Crippen molar-refractivity contribution in [2.24, 2.45) is 5.73 Å². The van der Waals surface area contributed by atoms with Crippen molar-refractivity contribution in [2.75, 3.05) is 0 Å². The van der Waals surface area contributed by atoms with Crippen LogP contribution in [0.4, 0.5) is 4.39 Å². The molecule has 5 heteroatoms. The van der Waals surface area contributed by atoms with Crippen LogP contribution in [0, 0.1) is 5.82 Å². The molecule has 0 radical (unpaired) electrons. The van der Waals surface area contributed by atoms with E-state index in [9.17, 15) is 4.39 Å². The quantitative estimate of drug-likeness (QED) is 0.859. The van der Waals surface area contributed by atoms with Crippen molar-refractivity contribution in [3.8, 4) is 5.75 Å². The number of nitrogens with two attached hydrogens (primary N) is 1. The number of halogens is 3. The minimum Gasteiger partial charge on any atom is -0.484 e. The van der Waals surface area contributed by atoms with Gasteiger partial charge in [-0.1, -0.05) is 39.7 Å². The van der Waals surface area contributed by atoms with Crippen LogP contribution < -0.4 is 10.5 Å². The molecule has 2 unspecified atom stereocenters. The summed E-state index contributed by atoms with van der Waals surface area (Å²) in [5, 5.41) is 0.0294. The maximum absolute atomic E-state index is 13.1. The van der Waals surface area contributed by atoms with Crippen LogP contribution in [-0.4, -0.2) is 6.04 Å². The van der Waals surface area contributed by atoms with E-state index in [0.29, 0.717) is 5.75 Å². The van der Waals surface area contributed by atoms with Crippen LogP contribution in [0.1, 0.15) is 18.6 Å². The lowest BCUT2D eigenvalue weighted by Gasteiger charge is -2.23. The fraction of sp³-hybridized carbons (Fsp3) is 0.200. The lowest BCUT2D eigenvalue weighted by molar-refractivity contribution is 0.180. The van der Waals surface area contributed by atoms with Gasteiger partial charge in [0.05, 0.1) is 5.02 Å². The minimum atomic E-state index is -0.472. The molecule has 0 aliphatic heterocycles. The predicted molar refractivity (Wildman–Crippen MR) is 82.6 cm³/mol. The number of rotatable bonds is 4. The third-order valence-electron chi connectivity index (χ3n) is 2.83. The van der Waals surface area contributed by atoms with Gasteiger partial charge in [0.1, 0.15) is 17.7 Å². The Labute approximate surface area is 130 Å². The van der Waals surface area contributed by atoms with Gasteiger partial charge in [-0.05, 0) is 36.8 Å². The summed E-state index contributed by atoms with van der Waals surface area (Å²) in [4.78, 5) is 0. The molecule has 0 fully saturated rings. The van der Waals surface area contributed by atoms with Crippen molar-refractivity contribution in [2.45, 2.75) is 19.1 Å². The van der Waals surface area contributed by atoms with E-state index < -0.39 is 5.82 Å².